The number of nitrogens with two attached hydrogens (primary N) is 1. The van der Waals surface area contributed by atoms with Gasteiger partial charge in [-0.05, 0) is 55.1 Å². The first-order chi connectivity index (χ1) is 11.0. The molecule has 2 aliphatic rings. The first-order valence-corrected chi connectivity index (χ1v) is 9.49. The second-order valence-corrected chi connectivity index (χ2v) is 7.67. The molecule has 2 bridgehead atoms. The molecule has 1 amide bonds. The number of methoxy groups -OCH3 is 1. The molecule has 0 saturated heterocycles. The fourth-order valence-corrected chi connectivity index (χ4v) is 4.84. The maximum Gasteiger partial charge on any atom is 0.227 e. The SMILES string of the molecule is COc1cc(CN(C)C(=O)C2C3CCC(C3)C2N)ccc1SC. The Bertz CT molecular complexity index is 590. The number of rotatable bonds is 5. The number of thioether (sulfide) groups is 1. The molecule has 1 aromatic carbocycles. The molecule has 2 N–H and O–H groups in total. The summed E-state index contributed by atoms with van der Waals surface area (Å²) in [6.45, 7) is 0.602. The summed E-state index contributed by atoms with van der Waals surface area (Å²) in [4.78, 5) is 15.8. The number of nitrogens with zero attached hydrogens (tertiary/aromatic N) is 1. The van der Waals surface area contributed by atoms with E-state index < -0.39 is 0 Å². The monoisotopic (exact) mass is 334 g/mol. The second-order valence-electron chi connectivity index (χ2n) is 6.82. The number of amides is 1. The van der Waals surface area contributed by atoms with Crippen LogP contribution in [0.15, 0.2) is 23.1 Å². The van der Waals surface area contributed by atoms with Crippen LogP contribution in [0.3, 0.4) is 0 Å². The van der Waals surface area contributed by atoms with Crippen molar-refractivity contribution >= 4 is 17.7 Å². The summed E-state index contributed by atoms with van der Waals surface area (Å²) < 4.78 is 5.43. The molecule has 5 heteroatoms. The molecule has 0 aliphatic heterocycles. The molecule has 0 heterocycles. The van der Waals surface area contributed by atoms with Crippen LogP contribution in [-0.4, -0.2) is 37.3 Å². The van der Waals surface area contributed by atoms with Gasteiger partial charge >= 0.3 is 0 Å². The van der Waals surface area contributed by atoms with E-state index in [0.29, 0.717) is 18.4 Å². The lowest BCUT2D eigenvalue weighted by molar-refractivity contribution is -0.137. The van der Waals surface area contributed by atoms with Crippen LogP contribution in [0, 0.1) is 17.8 Å². The highest BCUT2D eigenvalue weighted by Gasteiger charge is 2.49. The van der Waals surface area contributed by atoms with Gasteiger partial charge in [-0.25, -0.2) is 0 Å². The van der Waals surface area contributed by atoms with Crippen LogP contribution in [0.5, 0.6) is 5.75 Å². The molecule has 4 atom stereocenters. The highest BCUT2D eigenvalue weighted by Crippen LogP contribution is 2.48. The Morgan fingerprint density at radius 1 is 1.39 bits per heavy atom. The molecule has 2 fully saturated rings. The minimum Gasteiger partial charge on any atom is -0.496 e. The average Bonchev–Trinajstić information content (AvgIpc) is 3.15. The average molecular weight is 334 g/mol. The number of fused-ring (bicyclic) bond motifs is 2. The van der Waals surface area contributed by atoms with Gasteiger partial charge in [-0.1, -0.05) is 6.07 Å². The van der Waals surface area contributed by atoms with Crippen molar-refractivity contribution in [3.8, 4) is 5.75 Å². The number of carbonyl (C=O) groups is 1. The van der Waals surface area contributed by atoms with Crippen molar-refractivity contribution in [1.82, 2.24) is 4.90 Å². The van der Waals surface area contributed by atoms with E-state index in [1.165, 1.54) is 12.8 Å². The lowest BCUT2D eigenvalue weighted by Crippen LogP contribution is -2.45. The van der Waals surface area contributed by atoms with E-state index in [1.807, 2.05) is 24.3 Å². The standard InChI is InChI=1S/C18H26N2O2S/c1-20(10-11-4-7-15(23-3)14(8-11)22-2)18(21)16-12-5-6-13(9-12)17(16)19/h4,7-8,12-13,16-17H,5-6,9-10,19H2,1-3H3. The van der Waals surface area contributed by atoms with Crippen LogP contribution in [0.25, 0.3) is 0 Å². The third-order valence-electron chi connectivity index (χ3n) is 5.51. The number of hydrogen-bond donors (Lipinski definition) is 1. The van der Waals surface area contributed by atoms with Crippen LogP contribution in [0.1, 0.15) is 24.8 Å². The van der Waals surface area contributed by atoms with Crippen molar-refractivity contribution in [2.24, 2.45) is 23.5 Å². The zero-order chi connectivity index (χ0) is 16.6. The molecule has 126 valence electrons. The molecule has 0 spiro atoms. The van der Waals surface area contributed by atoms with Crippen LogP contribution in [0.4, 0.5) is 0 Å². The van der Waals surface area contributed by atoms with Gasteiger partial charge in [0.15, 0.2) is 0 Å². The molecule has 4 unspecified atom stereocenters. The Balaban J connectivity index is 1.69. The number of hydrogen-bond acceptors (Lipinski definition) is 4. The summed E-state index contributed by atoms with van der Waals surface area (Å²) in [7, 11) is 3.57. The van der Waals surface area contributed by atoms with Gasteiger partial charge in [-0.2, -0.15) is 0 Å². The van der Waals surface area contributed by atoms with E-state index in [-0.39, 0.29) is 17.9 Å². The quantitative estimate of drug-likeness (QED) is 0.841. The molecule has 0 aromatic heterocycles. The van der Waals surface area contributed by atoms with Crippen molar-refractivity contribution in [2.45, 2.75) is 36.7 Å². The van der Waals surface area contributed by atoms with Gasteiger partial charge in [-0.3, -0.25) is 4.79 Å². The summed E-state index contributed by atoms with van der Waals surface area (Å²) in [6, 6.07) is 6.20. The minimum atomic E-state index is 0.0196. The Morgan fingerprint density at radius 2 is 2.13 bits per heavy atom. The third-order valence-corrected chi connectivity index (χ3v) is 6.29. The van der Waals surface area contributed by atoms with E-state index in [4.69, 9.17) is 10.5 Å². The molecular formula is C18H26N2O2S. The van der Waals surface area contributed by atoms with Crippen molar-refractivity contribution in [1.29, 1.82) is 0 Å². The maximum absolute atomic E-state index is 12.8. The lowest BCUT2D eigenvalue weighted by Gasteiger charge is -2.31. The first kappa shape index (κ1) is 16.7. The van der Waals surface area contributed by atoms with Gasteiger partial charge in [0, 0.05) is 24.5 Å². The zero-order valence-corrected chi connectivity index (χ0v) is 14.9. The lowest BCUT2D eigenvalue weighted by atomic mass is 9.84. The third kappa shape index (κ3) is 3.09. The summed E-state index contributed by atoms with van der Waals surface area (Å²) >= 11 is 1.66. The van der Waals surface area contributed by atoms with E-state index in [2.05, 4.69) is 12.1 Å². The topological polar surface area (TPSA) is 55.6 Å². The van der Waals surface area contributed by atoms with Gasteiger partial charge in [0.05, 0.1) is 13.0 Å². The molecule has 0 radical (unpaired) electrons. The predicted molar refractivity (Wildman–Crippen MR) is 93.5 cm³/mol. The van der Waals surface area contributed by atoms with Gasteiger partial charge in [0.25, 0.3) is 0 Å². The van der Waals surface area contributed by atoms with E-state index in [9.17, 15) is 4.79 Å². The van der Waals surface area contributed by atoms with Gasteiger partial charge in [-0.15, -0.1) is 11.8 Å². The normalized spacial score (nSPS) is 28.9. The summed E-state index contributed by atoms with van der Waals surface area (Å²) in [5, 5.41) is 0. The summed E-state index contributed by atoms with van der Waals surface area (Å²) in [6.07, 6.45) is 5.54. The summed E-state index contributed by atoms with van der Waals surface area (Å²) in [5.74, 6) is 2.15. The van der Waals surface area contributed by atoms with Crippen molar-refractivity contribution in [3.63, 3.8) is 0 Å². The van der Waals surface area contributed by atoms with Crippen LogP contribution >= 0.6 is 11.8 Å². The van der Waals surface area contributed by atoms with Crippen LogP contribution < -0.4 is 10.5 Å². The Labute approximate surface area is 142 Å². The van der Waals surface area contributed by atoms with Crippen molar-refractivity contribution < 1.29 is 9.53 Å². The fourth-order valence-electron chi connectivity index (χ4n) is 4.29. The van der Waals surface area contributed by atoms with Crippen molar-refractivity contribution in [3.05, 3.63) is 23.8 Å². The van der Waals surface area contributed by atoms with Gasteiger partial charge in [0.2, 0.25) is 5.91 Å². The molecule has 4 nitrogen and oxygen atoms in total. The molecule has 1 aromatic rings. The van der Waals surface area contributed by atoms with Crippen LogP contribution in [0.2, 0.25) is 0 Å². The highest BCUT2D eigenvalue weighted by atomic mass is 32.2. The first-order valence-electron chi connectivity index (χ1n) is 8.26. The Hall–Kier alpha value is -1.20. The molecular weight excluding hydrogens is 308 g/mol. The van der Waals surface area contributed by atoms with Gasteiger partial charge in [0.1, 0.15) is 5.75 Å². The van der Waals surface area contributed by atoms with Crippen LogP contribution in [-0.2, 0) is 11.3 Å². The van der Waals surface area contributed by atoms with E-state index in [1.54, 1.807) is 18.9 Å². The number of benzene rings is 1. The fraction of sp³-hybridized carbons (Fsp3) is 0.611. The molecule has 2 saturated carbocycles. The number of ether oxygens (including phenoxy) is 1. The Morgan fingerprint density at radius 3 is 2.74 bits per heavy atom. The van der Waals surface area contributed by atoms with E-state index >= 15 is 0 Å². The highest BCUT2D eigenvalue weighted by molar-refractivity contribution is 7.98. The largest absolute Gasteiger partial charge is 0.496 e. The predicted octanol–water partition coefficient (Wildman–Crippen LogP) is 2.75. The zero-order valence-electron chi connectivity index (χ0n) is 14.1. The Kier molecular flexibility index (Phi) is 4.87. The molecule has 3 rings (SSSR count). The smallest absolute Gasteiger partial charge is 0.227 e. The van der Waals surface area contributed by atoms with Crippen molar-refractivity contribution in [2.75, 3.05) is 20.4 Å². The number of carbonyl (C=O) groups excluding carboxylic acids is 1. The summed E-state index contributed by atoms with van der Waals surface area (Å²) in [5.41, 5.74) is 7.40. The minimum absolute atomic E-state index is 0.0196. The second kappa shape index (κ2) is 6.73. The van der Waals surface area contributed by atoms with E-state index in [0.717, 1.165) is 22.6 Å². The maximum atomic E-state index is 12.8. The molecule has 2 aliphatic carbocycles. The van der Waals surface area contributed by atoms with Gasteiger partial charge < -0.3 is 15.4 Å². The molecule has 23 heavy (non-hydrogen) atoms.